The van der Waals surface area contributed by atoms with Crippen LogP contribution in [0.5, 0.6) is 0 Å². The van der Waals surface area contributed by atoms with E-state index in [4.69, 9.17) is 4.52 Å². The average Bonchev–Trinajstić information content (AvgIpc) is 2.92. The Balaban J connectivity index is 1.57. The highest BCUT2D eigenvalue weighted by atomic mass is 32.2. The van der Waals surface area contributed by atoms with Gasteiger partial charge < -0.3 is 9.84 Å². The zero-order valence-electron chi connectivity index (χ0n) is 17.8. The van der Waals surface area contributed by atoms with Gasteiger partial charge in [-0.05, 0) is 58.0 Å². The van der Waals surface area contributed by atoms with E-state index in [1.807, 2.05) is 25.8 Å². The molecule has 1 N–H and O–H groups in total. The fraction of sp³-hybridized carbons (Fsp3) is 0.524. The van der Waals surface area contributed by atoms with Crippen molar-refractivity contribution in [3.05, 3.63) is 41.3 Å². The lowest BCUT2D eigenvalue weighted by Crippen LogP contribution is -2.32. The van der Waals surface area contributed by atoms with Gasteiger partial charge in [-0.25, -0.2) is 8.42 Å². The van der Waals surface area contributed by atoms with Gasteiger partial charge in [-0.1, -0.05) is 18.0 Å². The summed E-state index contributed by atoms with van der Waals surface area (Å²) in [7, 11) is -1.64. The standard InChI is InChI=1S/C21H30N4O4S/c1-16-20(17(2)29-23-16)14-24(3)15-21(26)22-18-8-10-19(11-9-18)30(27,28)25-12-6-4-5-7-13-25/h8-11H,4-7,12-15H2,1-3H3,(H,22,26). The van der Waals surface area contributed by atoms with Crippen LogP contribution in [0.15, 0.2) is 33.7 Å². The van der Waals surface area contributed by atoms with Crippen molar-refractivity contribution >= 4 is 21.6 Å². The molecule has 164 valence electrons. The maximum absolute atomic E-state index is 12.8. The predicted molar refractivity (Wildman–Crippen MR) is 115 cm³/mol. The van der Waals surface area contributed by atoms with Gasteiger partial charge in [-0.15, -0.1) is 0 Å². The molecular weight excluding hydrogens is 404 g/mol. The molecule has 30 heavy (non-hydrogen) atoms. The SMILES string of the molecule is Cc1noc(C)c1CN(C)CC(=O)Nc1ccc(S(=O)(=O)N2CCCCCC2)cc1. The molecule has 9 heteroatoms. The normalized spacial score (nSPS) is 15.9. The Morgan fingerprint density at radius 1 is 1.13 bits per heavy atom. The van der Waals surface area contributed by atoms with E-state index in [2.05, 4.69) is 10.5 Å². The van der Waals surface area contributed by atoms with Gasteiger partial charge in [0.1, 0.15) is 5.76 Å². The van der Waals surface area contributed by atoms with Crippen molar-refractivity contribution in [3.8, 4) is 0 Å². The maximum atomic E-state index is 12.8. The Morgan fingerprint density at radius 2 is 1.77 bits per heavy atom. The van der Waals surface area contributed by atoms with Crippen LogP contribution in [0.1, 0.15) is 42.7 Å². The molecule has 1 saturated heterocycles. The molecule has 0 atom stereocenters. The van der Waals surface area contributed by atoms with E-state index < -0.39 is 10.0 Å². The van der Waals surface area contributed by atoms with E-state index in [0.29, 0.717) is 25.3 Å². The van der Waals surface area contributed by atoms with Crippen LogP contribution in [0, 0.1) is 13.8 Å². The van der Waals surface area contributed by atoms with Crippen LogP contribution >= 0.6 is 0 Å². The van der Waals surface area contributed by atoms with Gasteiger partial charge in [0.25, 0.3) is 0 Å². The number of hydrogen-bond donors (Lipinski definition) is 1. The van der Waals surface area contributed by atoms with Gasteiger partial charge >= 0.3 is 0 Å². The first kappa shape index (κ1) is 22.5. The summed E-state index contributed by atoms with van der Waals surface area (Å²) in [5.41, 5.74) is 2.37. The van der Waals surface area contributed by atoms with Gasteiger partial charge in [0.15, 0.2) is 0 Å². The lowest BCUT2D eigenvalue weighted by molar-refractivity contribution is -0.117. The van der Waals surface area contributed by atoms with Crippen LogP contribution in [0.2, 0.25) is 0 Å². The van der Waals surface area contributed by atoms with Crippen molar-refractivity contribution in [2.45, 2.75) is 51.0 Å². The van der Waals surface area contributed by atoms with Crippen molar-refractivity contribution in [1.82, 2.24) is 14.4 Å². The third-order valence-corrected chi connectivity index (χ3v) is 7.28. The lowest BCUT2D eigenvalue weighted by atomic mass is 10.2. The number of anilines is 1. The molecule has 2 aromatic rings. The minimum absolute atomic E-state index is 0.174. The fourth-order valence-electron chi connectivity index (χ4n) is 3.64. The molecule has 0 radical (unpaired) electrons. The first-order valence-electron chi connectivity index (χ1n) is 10.3. The first-order valence-corrected chi connectivity index (χ1v) is 11.7. The number of benzene rings is 1. The third kappa shape index (κ3) is 5.47. The van der Waals surface area contributed by atoms with Crippen molar-refractivity contribution < 1.29 is 17.7 Å². The van der Waals surface area contributed by atoms with E-state index in [9.17, 15) is 13.2 Å². The van der Waals surface area contributed by atoms with Gasteiger partial charge in [-0.3, -0.25) is 9.69 Å². The molecule has 3 rings (SSSR count). The number of aromatic nitrogens is 1. The molecule has 1 amide bonds. The summed E-state index contributed by atoms with van der Waals surface area (Å²) in [5.74, 6) is 0.577. The van der Waals surface area contributed by atoms with Crippen molar-refractivity contribution in [3.63, 3.8) is 0 Å². The molecule has 0 bridgehead atoms. The number of sulfonamides is 1. The highest BCUT2D eigenvalue weighted by molar-refractivity contribution is 7.89. The van der Waals surface area contributed by atoms with E-state index >= 15 is 0 Å². The predicted octanol–water partition coefficient (Wildman–Crippen LogP) is 2.93. The molecule has 1 fully saturated rings. The van der Waals surface area contributed by atoms with Crippen molar-refractivity contribution in [1.29, 1.82) is 0 Å². The smallest absolute Gasteiger partial charge is 0.243 e. The van der Waals surface area contributed by atoms with Crippen molar-refractivity contribution in [2.75, 3.05) is 32.0 Å². The number of amides is 1. The maximum Gasteiger partial charge on any atom is 0.243 e. The van der Waals surface area contributed by atoms with Gasteiger partial charge in [0.05, 0.1) is 17.1 Å². The van der Waals surface area contributed by atoms with Gasteiger partial charge in [0.2, 0.25) is 15.9 Å². The number of carbonyl (C=O) groups excluding carboxylic acids is 1. The molecule has 1 aromatic heterocycles. The number of likely N-dealkylation sites (N-methyl/N-ethyl adjacent to an activating group) is 1. The molecule has 1 aliphatic heterocycles. The number of nitrogens with zero attached hydrogens (tertiary/aromatic N) is 3. The number of hydrogen-bond acceptors (Lipinski definition) is 6. The van der Waals surface area contributed by atoms with Crippen LogP contribution in [-0.4, -0.2) is 55.4 Å². The monoisotopic (exact) mass is 434 g/mol. The molecule has 0 saturated carbocycles. The Kier molecular flexibility index (Phi) is 7.27. The second-order valence-corrected chi connectivity index (χ2v) is 9.80. The zero-order chi connectivity index (χ0) is 21.7. The van der Waals surface area contributed by atoms with Gasteiger partial charge in [-0.2, -0.15) is 4.31 Å². The van der Waals surface area contributed by atoms with Crippen LogP contribution < -0.4 is 5.32 Å². The van der Waals surface area contributed by atoms with E-state index in [-0.39, 0.29) is 17.3 Å². The zero-order valence-corrected chi connectivity index (χ0v) is 18.7. The fourth-order valence-corrected chi connectivity index (χ4v) is 5.16. The summed E-state index contributed by atoms with van der Waals surface area (Å²) in [6, 6.07) is 6.39. The van der Waals surface area contributed by atoms with E-state index in [1.54, 1.807) is 28.6 Å². The number of carbonyl (C=O) groups is 1. The first-order chi connectivity index (χ1) is 14.3. The van der Waals surface area contributed by atoms with Crippen LogP contribution in [-0.2, 0) is 21.4 Å². The molecule has 0 spiro atoms. The molecule has 8 nitrogen and oxygen atoms in total. The molecular formula is C21H30N4O4S. The van der Waals surface area contributed by atoms with E-state index in [0.717, 1.165) is 42.7 Å². The molecule has 1 aliphatic rings. The minimum atomic E-state index is -3.49. The second kappa shape index (κ2) is 9.72. The summed E-state index contributed by atoms with van der Waals surface area (Å²) >= 11 is 0. The summed E-state index contributed by atoms with van der Waals surface area (Å²) < 4.78 is 32.4. The topological polar surface area (TPSA) is 95.7 Å². The van der Waals surface area contributed by atoms with Crippen molar-refractivity contribution in [2.24, 2.45) is 0 Å². The highest BCUT2D eigenvalue weighted by Crippen LogP contribution is 2.22. The highest BCUT2D eigenvalue weighted by Gasteiger charge is 2.25. The minimum Gasteiger partial charge on any atom is -0.361 e. The Labute approximate surface area is 178 Å². The summed E-state index contributed by atoms with van der Waals surface area (Å²) in [5, 5.41) is 6.75. The Bertz CT molecular complexity index is 942. The van der Waals surface area contributed by atoms with Crippen LogP contribution in [0.25, 0.3) is 0 Å². The molecule has 2 heterocycles. The van der Waals surface area contributed by atoms with E-state index in [1.165, 1.54) is 0 Å². The Hall–Kier alpha value is -2.23. The molecule has 0 unspecified atom stereocenters. The number of rotatable bonds is 7. The average molecular weight is 435 g/mol. The summed E-state index contributed by atoms with van der Waals surface area (Å²) in [6.07, 6.45) is 3.94. The van der Waals surface area contributed by atoms with Gasteiger partial charge in [0, 0.05) is 30.9 Å². The summed E-state index contributed by atoms with van der Waals surface area (Å²) in [4.78, 5) is 14.5. The lowest BCUT2D eigenvalue weighted by Gasteiger charge is -2.20. The van der Waals surface area contributed by atoms with Crippen LogP contribution in [0.4, 0.5) is 5.69 Å². The largest absolute Gasteiger partial charge is 0.361 e. The number of aryl methyl sites for hydroxylation is 2. The third-order valence-electron chi connectivity index (χ3n) is 5.36. The number of nitrogens with one attached hydrogen (secondary N) is 1. The van der Waals surface area contributed by atoms with Crippen LogP contribution in [0.3, 0.4) is 0 Å². The quantitative estimate of drug-likeness (QED) is 0.720. The Morgan fingerprint density at radius 3 is 2.33 bits per heavy atom. The summed E-state index contributed by atoms with van der Waals surface area (Å²) in [6.45, 7) is 5.61. The molecule has 1 aromatic carbocycles. The molecule has 0 aliphatic carbocycles. The second-order valence-electron chi connectivity index (χ2n) is 7.87.